The fourth-order valence-electron chi connectivity index (χ4n) is 6.47. The van der Waals surface area contributed by atoms with Crippen LogP contribution >= 0.6 is 0 Å². The number of pyridine rings is 2. The van der Waals surface area contributed by atoms with Gasteiger partial charge in [0.2, 0.25) is 16.0 Å². The number of hydrogen-bond acceptors (Lipinski definition) is 10. The third kappa shape index (κ3) is 7.13. The summed E-state index contributed by atoms with van der Waals surface area (Å²) >= 11 is 0. The van der Waals surface area contributed by atoms with E-state index >= 15 is 0 Å². The van der Waals surface area contributed by atoms with Crippen molar-refractivity contribution in [2.45, 2.75) is 55.6 Å². The van der Waals surface area contributed by atoms with E-state index in [0.717, 1.165) is 50.9 Å². The van der Waals surface area contributed by atoms with Gasteiger partial charge in [-0.15, -0.1) is 0 Å². The first-order valence-corrected chi connectivity index (χ1v) is 18.0. The minimum atomic E-state index is -3.87. The number of morpholine rings is 1. The summed E-state index contributed by atoms with van der Waals surface area (Å²) in [6.07, 6.45) is 9.41. The van der Waals surface area contributed by atoms with Gasteiger partial charge in [-0.25, -0.2) is 13.4 Å². The summed E-state index contributed by atoms with van der Waals surface area (Å²) in [5, 5.41) is 7.28. The molecule has 0 amide bonds. The fourth-order valence-corrected chi connectivity index (χ4v) is 8.06. The second kappa shape index (κ2) is 14.5. The second-order valence-electron chi connectivity index (χ2n) is 12.3. The van der Waals surface area contributed by atoms with Gasteiger partial charge in [0.1, 0.15) is 11.8 Å². The summed E-state index contributed by atoms with van der Waals surface area (Å²) in [6, 6.07) is 11.5. The van der Waals surface area contributed by atoms with Crippen LogP contribution in [0.25, 0.3) is 11.0 Å². The predicted octanol–water partition coefficient (Wildman–Crippen LogP) is 3.39. The highest BCUT2D eigenvalue weighted by atomic mass is 32.2. The number of hydrogen-bond donors (Lipinski definition) is 2. The molecular weight excluding hydrogens is 630 g/mol. The van der Waals surface area contributed by atoms with Crippen molar-refractivity contribution in [2.24, 2.45) is 0 Å². The molecule has 0 aliphatic carbocycles. The van der Waals surface area contributed by atoms with Crippen molar-refractivity contribution in [1.82, 2.24) is 29.1 Å². The zero-order valence-electron chi connectivity index (χ0n) is 26.7. The van der Waals surface area contributed by atoms with Crippen molar-refractivity contribution in [3.05, 3.63) is 82.0 Å². The summed E-state index contributed by atoms with van der Waals surface area (Å²) < 4.78 is 41.5. The molecule has 3 saturated heterocycles. The van der Waals surface area contributed by atoms with E-state index in [1.54, 1.807) is 12.3 Å². The molecule has 3 aliphatic rings. The van der Waals surface area contributed by atoms with Crippen molar-refractivity contribution in [2.75, 3.05) is 51.3 Å². The van der Waals surface area contributed by atoms with E-state index in [0.29, 0.717) is 48.3 Å². The lowest BCUT2D eigenvalue weighted by molar-refractivity contribution is 0.0526. The zero-order valence-corrected chi connectivity index (χ0v) is 27.5. The van der Waals surface area contributed by atoms with Gasteiger partial charge in [-0.2, -0.15) is 9.29 Å². The van der Waals surface area contributed by atoms with E-state index in [9.17, 15) is 13.2 Å². The first-order valence-electron chi connectivity index (χ1n) is 16.6. The van der Waals surface area contributed by atoms with E-state index in [-0.39, 0.29) is 41.8 Å². The Bertz CT molecular complexity index is 1990. The van der Waals surface area contributed by atoms with Crippen molar-refractivity contribution in [3.8, 4) is 11.8 Å². The first kappa shape index (κ1) is 32.4. The summed E-state index contributed by atoms with van der Waals surface area (Å²) in [7, 11) is -3.87. The average molecular weight is 670 g/mol. The van der Waals surface area contributed by atoms with Crippen molar-refractivity contribution < 1.29 is 17.9 Å². The highest BCUT2D eigenvalue weighted by Crippen LogP contribution is 2.27. The van der Waals surface area contributed by atoms with Gasteiger partial charge in [0.15, 0.2) is 0 Å². The first-order chi connectivity index (χ1) is 23.5. The van der Waals surface area contributed by atoms with Crippen LogP contribution in [0, 0.1) is 11.8 Å². The van der Waals surface area contributed by atoms with Crippen molar-refractivity contribution in [3.63, 3.8) is 0 Å². The largest absolute Gasteiger partial charge is 0.379 e. The van der Waals surface area contributed by atoms with Gasteiger partial charge in [-0.05, 0) is 80.9 Å². The molecule has 1 aromatic carbocycles. The Hall–Kier alpha value is -4.19. The molecular formula is C35H39N7O5S. The molecule has 6 heterocycles. The molecule has 0 bridgehead atoms. The normalized spacial score (nSPS) is 19.5. The standard InChI is InChI=1S/C35H39N7O5S/c43-34-27(6-9-31-3-1-2-18-47-31)21-28-23-38-35(39-30-7-4-25(5-8-30)26-10-13-36-14-11-26)40-33(28)42(34)24-29-22-37-15-12-32(29)48(44,45)41-16-19-46-20-17-41/h4-5,7-8,12,15,21-23,26,31,36H,1-3,10-11,13-14,16-20,24H2,(H,38,39,40). The molecule has 3 aliphatic heterocycles. The number of fused-ring (bicyclic) bond motifs is 1. The third-order valence-corrected chi connectivity index (χ3v) is 11.1. The topological polar surface area (TPSA) is 141 Å². The van der Waals surface area contributed by atoms with E-state index in [1.807, 2.05) is 12.1 Å². The Morgan fingerprint density at radius 2 is 1.81 bits per heavy atom. The fraction of sp³-hybridized carbons (Fsp3) is 0.429. The maximum atomic E-state index is 14.1. The quantitative estimate of drug-likeness (QED) is 0.282. The van der Waals surface area contributed by atoms with Crippen LogP contribution in [0.4, 0.5) is 11.6 Å². The van der Waals surface area contributed by atoms with Crippen LogP contribution in [-0.2, 0) is 26.0 Å². The smallest absolute Gasteiger partial charge is 0.268 e. The maximum Gasteiger partial charge on any atom is 0.268 e. The zero-order chi connectivity index (χ0) is 32.9. The Balaban J connectivity index is 1.26. The minimum Gasteiger partial charge on any atom is -0.379 e. The van der Waals surface area contributed by atoms with Gasteiger partial charge in [0.05, 0.1) is 30.2 Å². The van der Waals surface area contributed by atoms with E-state index < -0.39 is 10.0 Å². The van der Waals surface area contributed by atoms with Crippen molar-refractivity contribution in [1.29, 1.82) is 0 Å². The van der Waals surface area contributed by atoms with Crippen LogP contribution in [0.2, 0.25) is 0 Å². The number of nitrogens with one attached hydrogen (secondary N) is 2. The molecule has 12 nitrogen and oxygen atoms in total. The lowest BCUT2D eigenvalue weighted by Crippen LogP contribution is -2.41. The number of anilines is 2. The lowest BCUT2D eigenvalue weighted by atomic mass is 9.90. The molecule has 0 saturated carbocycles. The van der Waals surface area contributed by atoms with Crippen LogP contribution in [-0.4, -0.2) is 84.3 Å². The van der Waals surface area contributed by atoms with Gasteiger partial charge in [-0.3, -0.25) is 14.3 Å². The lowest BCUT2D eigenvalue weighted by Gasteiger charge is -2.27. The minimum absolute atomic E-state index is 0.0844. The van der Waals surface area contributed by atoms with Gasteiger partial charge in [0, 0.05) is 54.9 Å². The Morgan fingerprint density at radius 3 is 2.58 bits per heavy atom. The van der Waals surface area contributed by atoms with Gasteiger partial charge in [0.25, 0.3) is 5.56 Å². The van der Waals surface area contributed by atoms with Gasteiger partial charge in [-0.1, -0.05) is 24.0 Å². The number of rotatable bonds is 7. The van der Waals surface area contributed by atoms with Crippen LogP contribution < -0.4 is 16.2 Å². The van der Waals surface area contributed by atoms with Crippen LogP contribution in [0.15, 0.2) is 64.7 Å². The highest BCUT2D eigenvalue weighted by Gasteiger charge is 2.29. The predicted molar refractivity (Wildman–Crippen MR) is 182 cm³/mol. The summed E-state index contributed by atoms with van der Waals surface area (Å²) in [5.41, 5.74) is 2.72. The SMILES string of the molecule is O=c1c(C#CC2CCCCO2)cc2cnc(Nc3ccc(C4CCNCC4)cc3)nc2n1Cc1cnccc1S(=O)(=O)N1CCOCC1. The van der Waals surface area contributed by atoms with Crippen LogP contribution in [0.1, 0.15) is 54.7 Å². The number of ether oxygens (including phenoxy) is 2. The van der Waals surface area contributed by atoms with Crippen LogP contribution in [0.5, 0.6) is 0 Å². The summed E-state index contributed by atoms with van der Waals surface area (Å²) in [6.45, 7) is 3.76. The summed E-state index contributed by atoms with van der Waals surface area (Å²) in [4.78, 5) is 27.8. The Morgan fingerprint density at radius 1 is 1.00 bits per heavy atom. The Labute approximate surface area is 280 Å². The number of nitrogens with zero attached hydrogens (tertiary/aromatic N) is 5. The van der Waals surface area contributed by atoms with Gasteiger partial charge < -0.3 is 20.1 Å². The number of piperidine rings is 1. The van der Waals surface area contributed by atoms with E-state index in [4.69, 9.17) is 14.5 Å². The molecule has 4 aromatic rings. The number of aromatic nitrogens is 4. The molecule has 0 radical (unpaired) electrons. The number of sulfonamides is 1. The molecule has 7 rings (SSSR count). The molecule has 3 fully saturated rings. The van der Waals surface area contributed by atoms with E-state index in [1.165, 1.54) is 32.9 Å². The Kier molecular flexibility index (Phi) is 9.78. The third-order valence-electron chi connectivity index (χ3n) is 9.13. The average Bonchev–Trinajstić information content (AvgIpc) is 3.14. The molecule has 1 atom stereocenters. The number of benzene rings is 1. The molecule has 0 spiro atoms. The van der Waals surface area contributed by atoms with E-state index in [2.05, 4.69) is 44.6 Å². The molecule has 13 heteroatoms. The molecule has 1 unspecified atom stereocenters. The van der Waals surface area contributed by atoms with Gasteiger partial charge >= 0.3 is 0 Å². The monoisotopic (exact) mass is 669 g/mol. The highest BCUT2D eigenvalue weighted by molar-refractivity contribution is 7.89. The summed E-state index contributed by atoms with van der Waals surface area (Å²) in [5.74, 6) is 7.01. The second-order valence-corrected chi connectivity index (χ2v) is 14.2. The maximum absolute atomic E-state index is 14.1. The van der Waals surface area contributed by atoms with Crippen molar-refractivity contribution >= 4 is 32.7 Å². The molecule has 2 N–H and O–H groups in total. The molecule has 250 valence electrons. The molecule has 48 heavy (non-hydrogen) atoms. The van der Waals surface area contributed by atoms with Crippen LogP contribution in [0.3, 0.4) is 0 Å². The molecule has 3 aromatic heterocycles.